The SMILES string of the molecule is COCC(=O)N1CCC(C2CCc3ccc(OC)cc32)CC1.COc1ccc2c(c1)C(C1CCN(C(=O)C3CC3)CC1)CC2. The maximum absolute atomic E-state index is 12.2. The Morgan fingerprint density at radius 2 is 1.14 bits per heavy atom. The summed E-state index contributed by atoms with van der Waals surface area (Å²) < 4.78 is 15.7. The minimum absolute atomic E-state index is 0.120. The van der Waals surface area contributed by atoms with Crippen LogP contribution in [0.5, 0.6) is 11.5 Å². The molecule has 1 saturated carbocycles. The molecule has 0 N–H and O–H groups in total. The fourth-order valence-corrected chi connectivity index (χ4v) is 8.33. The summed E-state index contributed by atoms with van der Waals surface area (Å²) >= 11 is 0. The van der Waals surface area contributed by atoms with Gasteiger partial charge in [0.15, 0.2) is 0 Å². The molecule has 7 heteroatoms. The van der Waals surface area contributed by atoms with Gasteiger partial charge < -0.3 is 24.0 Å². The van der Waals surface area contributed by atoms with Crippen LogP contribution in [0.4, 0.5) is 0 Å². The van der Waals surface area contributed by atoms with Gasteiger partial charge in [0.1, 0.15) is 18.1 Å². The number of nitrogens with zero attached hydrogens (tertiary/aromatic N) is 2. The summed E-state index contributed by atoms with van der Waals surface area (Å²) in [5, 5.41) is 0. The largest absolute Gasteiger partial charge is 0.497 e. The second-order valence-electron chi connectivity index (χ2n) is 13.5. The molecule has 5 aliphatic rings. The molecule has 2 saturated heterocycles. The van der Waals surface area contributed by atoms with Crippen LogP contribution in [0.2, 0.25) is 0 Å². The zero-order valence-corrected chi connectivity index (χ0v) is 26.9. The van der Waals surface area contributed by atoms with Gasteiger partial charge in [-0.25, -0.2) is 0 Å². The summed E-state index contributed by atoms with van der Waals surface area (Å²) in [7, 11) is 5.05. The number of piperidine rings is 2. The Kier molecular flexibility index (Phi) is 9.80. The molecule has 238 valence electrons. The van der Waals surface area contributed by atoms with Gasteiger partial charge in [-0.15, -0.1) is 0 Å². The van der Waals surface area contributed by atoms with Crippen molar-refractivity contribution < 1.29 is 23.8 Å². The average molecular weight is 603 g/mol. The molecule has 2 atom stereocenters. The summed E-state index contributed by atoms with van der Waals surface area (Å²) in [6.07, 6.45) is 11.6. The number of benzene rings is 2. The Morgan fingerprint density at radius 3 is 1.57 bits per heavy atom. The van der Waals surface area contributed by atoms with Crippen LogP contribution in [-0.2, 0) is 27.2 Å². The molecule has 3 aliphatic carbocycles. The predicted molar refractivity (Wildman–Crippen MR) is 171 cm³/mol. The second-order valence-corrected chi connectivity index (χ2v) is 13.5. The smallest absolute Gasteiger partial charge is 0.248 e. The minimum atomic E-state index is 0.120. The van der Waals surface area contributed by atoms with E-state index in [4.69, 9.17) is 14.2 Å². The lowest BCUT2D eigenvalue weighted by molar-refractivity contribution is -0.136. The molecule has 3 fully saturated rings. The van der Waals surface area contributed by atoms with E-state index in [1.807, 2.05) is 4.90 Å². The van der Waals surface area contributed by atoms with Gasteiger partial charge in [-0.05, 0) is 134 Å². The van der Waals surface area contributed by atoms with Crippen LogP contribution < -0.4 is 9.47 Å². The highest BCUT2D eigenvalue weighted by molar-refractivity contribution is 5.81. The number of ether oxygens (including phenoxy) is 3. The van der Waals surface area contributed by atoms with Gasteiger partial charge in [-0.1, -0.05) is 12.1 Å². The first kappa shape index (κ1) is 30.9. The number of hydrogen-bond acceptors (Lipinski definition) is 5. The van der Waals surface area contributed by atoms with Gasteiger partial charge in [0.2, 0.25) is 11.8 Å². The first-order valence-corrected chi connectivity index (χ1v) is 16.9. The second kappa shape index (κ2) is 13.9. The van der Waals surface area contributed by atoms with Crippen molar-refractivity contribution in [1.82, 2.24) is 9.80 Å². The molecule has 44 heavy (non-hydrogen) atoms. The Hall–Kier alpha value is -3.06. The van der Waals surface area contributed by atoms with E-state index < -0.39 is 0 Å². The Bertz CT molecular complexity index is 1310. The number of fused-ring (bicyclic) bond motifs is 2. The minimum Gasteiger partial charge on any atom is -0.497 e. The number of rotatable bonds is 7. The van der Waals surface area contributed by atoms with Gasteiger partial charge in [-0.2, -0.15) is 0 Å². The van der Waals surface area contributed by atoms with Gasteiger partial charge in [0.25, 0.3) is 0 Å². The maximum Gasteiger partial charge on any atom is 0.248 e. The standard InChI is InChI=1S/C19H25NO2.C18H25NO3/c1-22-16-6-4-13-5-7-17(18(13)12-16)14-8-10-20(11-9-14)19(21)15-2-3-15;1-21-12-18(20)19-9-7-14(8-10-19)16-6-4-13-3-5-15(22-2)11-17(13)16/h4,6,12,14-15,17H,2-3,5,7-11H2,1H3;3,5,11,14,16H,4,6-10,12H2,1-2H3. The third-order valence-corrected chi connectivity index (χ3v) is 11.0. The number of hydrogen-bond donors (Lipinski definition) is 0. The summed E-state index contributed by atoms with van der Waals surface area (Å²) in [5.41, 5.74) is 5.96. The molecule has 0 spiro atoms. The topological polar surface area (TPSA) is 68.3 Å². The first-order chi connectivity index (χ1) is 21.5. The van der Waals surface area contributed by atoms with Gasteiger partial charge in [0.05, 0.1) is 14.2 Å². The van der Waals surface area contributed by atoms with E-state index in [0.29, 0.717) is 29.6 Å². The molecule has 2 aromatic rings. The van der Waals surface area contributed by atoms with Crippen LogP contribution in [-0.4, -0.2) is 75.7 Å². The first-order valence-electron chi connectivity index (χ1n) is 16.9. The molecule has 0 radical (unpaired) electrons. The Balaban J connectivity index is 0.000000156. The number of methoxy groups -OCH3 is 3. The molecule has 2 aromatic carbocycles. The van der Waals surface area contributed by atoms with Crippen LogP contribution >= 0.6 is 0 Å². The van der Waals surface area contributed by atoms with E-state index in [0.717, 1.165) is 69.3 Å². The normalized spacial score (nSPS) is 23.4. The molecule has 7 nitrogen and oxygen atoms in total. The van der Waals surface area contributed by atoms with Crippen molar-refractivity contribution in [3.05, 3.63) is 58.7 Å². The number of carbonyl (C=O) groups excluding carboxylic acids is 2. The van der Waals surface area contributed by atoms with E-state index in [2.05, 4.69) is 41.3 Å². The van der Waals surface area contributed by atoms with E-state index in [-0.39, 0.29) is 12.5 Å². The molecule has 7 rings (SSSR count). The van der Waals surface area contributed by atoms with Gasteiger partial charge in [-0.3, -0.25) is 9.59 Å². The molecule has 2 heterocycles. The predicted octanol–water partition coefficient (Wildman–Crippen LogP) is 5.98. The highest BCUT2D eigenvalue weighted by atomic mass is 16.5. The molecular formula is C37H50N2O5. The zero-order chi connectivity index (χ0) is 30.6. The van der Waals surface area contributed by atoms with E-state index >= 15 is 0 Å². The highest BCUT2D eigenvalue weighted by Crippen LogP contribution is 2.45. The maximum atomic E-state index is 12.2. The third kappa shape index (κ3) is 6.78. The average Bonchev–Trinajstić information content (AvgIpc) is 3.71. The van der Waals surface area contributed by atoms with Crippen molar-refractivity contribution in [3.63, 3.8) is 0 Å². The van der Waals surface area contributed by atoms with Gasteiger partial charge >= 0.3 is 0 Å². The van der Waals surface area contributed by atoms with Crippen LogP contribution in [0, 0.1) is 17.8 Å². The quantitative estimate of drug-likeness (QED) is 0.390. The number of likely N-dealkylation sites (tertiary alicyclic amines) is 2. The van der Waals surface area contributed by atoms with Gasteiger partial charge in [0, 0.05) is 39.2 Å². The number of amides is 2. The van der Waals surface area contributed by atoms with Crippen LogP contribution in [0.15, 0.2) is 36.4 Å². The lowest BCUT2D eigenvalue weighted by Gasteiger charge is -2.35. The highest BCUT2D eigenvalue weighted by Gasteiger charge is 2.38. The van der Waals surface area contributed by atoms with Crippen molar-refractivity contribution in [2.24, 2.45) is 17.8 Å². The van der Waals surface area contributed by atoms with Crippen LogP contribution in [0.3, 0.4) is 0 Å². The molecule has 0 bridgehead atoms. The van der Waals surface area contributed by atoms with Crippen molar-refractivity contribution in [3.8, 4) is 11.5 Å². The van der Waals surface area contributed by atoms with Crippen molar-refractivity contribution in [1.29, 1.82) is 0 Å². The molecule has 2 amide bonds. The van der Waals surface area contributed by atoms with Crippen molar-refractivity contribution in [2.75, 3.05) is 54.1 Å². The summed E-state index contributed by atoms with van der Waals surface area (Å²) in [6, 6.07) is 13.1. The molecule has 2 aliphatic heterocycles. The number of aryl methyl sites for hydroxylation is 2. The van der Waals surface area contributed by atoms with E-state index in [1.165, 1.54) is 60.8 Å². The summed E-state index contributed by atoms with van der Waals surface area (Å²) in [5.74, 6) is 5.56. The van der Waals surface area contributed by atoms with Crippen molar-refractivity contribution >= 4 is 11.8 Å². The fraction of sp³-hybridized carbons (Fsp3) is 0.622. The van der Waals surface area contributed by atoms with Crippen LogP contribution in [0.25, 0.3) is 0 Å². The number of carbonyl (C=O) groups is 2. The van der Waals surface area contributed by atoms with E-state index in [9.17, 15) is 9.59 Å². The molecule has 0 aromatic heterocycles. The third-order valence-electron chi connectivity index (χ3n) is 11.0. The van der Waals surface area contributed by atoms with Crippen LogP contribution in [0.1, 0.15) is 85.5 Å². The lowest BCUT2D eigenvalue weighted by atomic mass is 9.81. The summed E-state index contributed by atoms with van der Waals surface area (Å²) in [6.45, 7) is 3.87. The molecular weight excluding hydrogens is 552 g/mol. The Labute approximate surface area is 263 Å². The fourth-order valence-electron chi connectivity index (χ4n) is 8.33. The Morgan fingerprint density at radius 1 is 0.659 bits per heavy atom. The van der Waals surface area contributed by atoms with E-state index in [1.54, 1.807) is 21.3 Å². The monoisotopic (exact) mass is 602 g/mol. The summed E-state index contributed by atoms with van der Waals surface area (Å²) in [4.78, 5) is 28.1. The molecule has 2 unspecified atom stereocenters. The van der Waals surface area contributed by atoms with Crippen molar-refractivity contribution in [2.45, 2.75) is 76.0 Å². The zero-order valence-electron chi connectivity index (χ0n) is 26.9. The lowest BCUT2D eigenvalue weighted by Crippen LogP contribution is -2.41.